The van der Waals surface area contributed by atoms with Crippen molar-refractivity contribution in [1.29, 1.82) is 0 Å². The summed E-state index contributed by atoms with van der Waals surface area (Å²) < 4.78 is 5.43. The lowest BCUT2D eigenvalue weighted by Crippen LogP contribution is -2.36. The van der Waals surface area contributed by atoms with Crippen LogP contribution in [0.25, 0.3) is 10.9 Å². The van der Waals surface area contributed by atoms with Crippen molar-refractivity contribution in [2.75, 3.05) is 36.5 Å². The highest BCUT2D eigenvalue weighted by Gasteiger charge is 2.15. The second kappa shape index (κ2) is 7.37. The topological polar surface area (TPSA) is 54.5 Å². The molecule has 0 saturated carbocycles. The summed E-state index contributed by atoms with van der Waals surface area (Å²) >= 11 is 0. The van der Waals surface area contributed by atoms with Crippen molar-refractivity contribution in [3.8, 4) is 0 Å². The summed E-state index contributed by atoms with van der Waals surface area (Å²) in [5, 5.41) is 4.05. The second-order valence-electron chi connectivity index (χ2n) is 6.90. The molecule has 27 heavy (non-hydrogen) atoms. The first-order valence-electron chi connectivity index (χ1n) is 9.23. The number of aryl methyl sites for hydroxylation is 2. The van der Waals surface area contributed by atoms with Crippen LogP contribution in [0.2, 0.25) is 0 Å². The standard InChI is InChI=1S/C22H23N3O2/c1-15-5-3-4-6-18(15)22(26)23-17-7-8-20-19(14-17)16(2)13-21(24-20)25-9-11-27-12-10-25/h3-8,13-14H,9-12H2,1-2H3,(H,23,26). The summed E-state index contributed by atoms with van der Waals surface area (Å²) in [7, 11) is 0. The molecule has 0 bridgehead atoms. The lowest BCUT2D eigenvalue weighted by molar-refractivity contribution is 0.102. The number of anilines is 2. The van der Waals surface area contributed by atoms with Gasteiger partial charge >= 0.3 is 0 Å². The van der Waals surface area contributed by atoms with Crippen molar-refractivity contribution in [2.24, 2.45) is 0 Å². The zero-order chi connectivity index (χ0) is 18.8. The number of ether oxygens (including phenoxy) is 1. The predicted octanol–water partition coefficient (Wildman–Crippen LogP) is 3.94. The summed E-state index contributed by atoms with van der Waals surface area (Å²) in [6, 6.07) is 15.6. The molecule has 1 aliphatic heterocycles. The van der Waals surface area contributed by atoms with Gasteiger partial charge in [0.05, 0.1) is 18.7 Å². The Kier molecular flexibility index (Phi) is 4.77. The number of hydrogen-bond donors (Lipinski definition) is 1. The number of carbonyl (C=O) groups is 1. The minimum Gasteiger partial charge on any atom is -0.378 e. The Morgan fingerprint density at radius 2 is 1.81 bits per heavy atom. The van der Waals surface area contributed by atoms with Crippen LogP contribution in [0.15, 0.2) is 48.5 Å². The van der Waals surface area contributed by atoms with E-state index in [1.165, 1.54) is 0 Å². The smallest absolute Gasteiger partial charge is 0.255 e. The molecule has 5 nitrogen and oxygen atoms in total. The van der Waals surface area contributed by atoms with Crippen LogP contribution in [-0.4, -0.2) is 37.2 Å². The number of aromatic nitrogens is 1. The van der Waals surface area contributed by atoms with Gasteiger partial charge in [-0.3, -0.25) is 4.79 Å². The lowest BCUT2D eigenvalue weighted by atomic mass is 10.1. The monoisotopic (exact) mass is 361 g/mol. The SMILES string of the molecule is Cc1ccccc1C(=O)Nc1ccc2nc(N3CCOCC3)cc(C)c2c1. The van der Waals surface area contributed by atoms with Crippen LogP contribution in [0.5, 0.6) is 0 Å². The van der Waals surface area contributed by atoms with Gasteiger partial charge in [-0.25, -0.2) is 4.98 Å². The fourth-order valence-electron chi connectivity index (χ4n) is 3.43. The van der Waals surface area contributed by atoms with Crippen LogP contribution < -0.4 is 10.2 Å². The van der Waals surface area contributed by atoms with Gasteiger partial charge in [-0.05, 0) is 55.3 Å². The summed E-state index contributed by atoms with van der Waals surface area (Å²) in [5.74, 6) is 0.892. The molecule has 1 aromatic heterocycles. The van der Waals surface area contributed by atoms with E-state index in [1.807, 2.05) is 49.4 Å². The van der Waals surface area contributed by atoms with Gasteiger partial charge in [0.15, 0.2) is 0 Å². The molecule has 0 atom stereocenters. The van der Waals surface area contributed by atoms with Crippen LogP contribution in [0.3, 0.4) is 0 Å². The van der Waals surface area contributed by atoms with E-state index < -0.39 is 0 Å². The van der Waals surface area contributed by atoms with Gasteiger partial charge in [0.1, 0.15) is 5.82 Å². The summed E-state index contributed by atoms with van der Waals surface area (Å²) in [6.07, 6.45) is 0. The molecule has 3 aromatic rings. The summed E-state index contributed by atoms with van der Waals surface area (Å²) in [5.41, 5.74) is 4.51. The molecular weight excluding hydrogens is 338 g/mol. The van der Waals surface area contributed by atoms with Crippen molar-refractivity contribution in [3.05, 3.63) is 65.2 Å². The molecule has 138 valence electrons. The van der Waals surface area contributed by atoms with E-state index in [9.17, 15) is 4.79 Å². The molecule has 1 aliphatic rings. The zero-order valence-electron chi connectivity index (χ0n) is 15.7. The van der Waals surface area contributed by atoms with Crippen LogP contribution >= 0.6 is 0 Å². The summed E-state index contributed by atoms with van der Waals surface area (Å²) in [4.78, 5) is 19.6. The van der Waals surface area contributed by atoms with Crippen LogP contribution in [-0.2, 0) is 4.74 Å². The largest absolute Gasteiger partial charge is 0.378 e. The van der Waals surface area contributed by atoms with Gasteiger partial charge in [-0.1, -0.05) is 18.2 Å². The highest BCUT2D eigenvalue weighted by Crippen LogP contribution is 2.26. The van der Waals surface area contributed by atoms with E-state index in [0.29, 0.717) is 5.56 Å². The fraction of sp³-hybridized carbons (Fsp3) is 0.273. The van der Waals surface area contributed by atoms with E-state index in [4.69, 9.17) is 9.72 Å². The summed E-state index contributed by atoms with van der Waals surface area (Å²) in [6.45, 7) is 7.23. The molecule has 0 spiro atoms. The lowest BCUT2D eigenvalue weighted by Gasteiger charge is -2.28. The van der Waals surface area contributed by atoms with Gasteiger partial charge < -0.3 is 15.0 Å². The molecule has 0 unspecified atom stereocenters. The van der Waals surface area contributed by atoms with E-state index >= 15 is 0 Å². The van der Waals surface area contributed by atoms with Crippen molar-refractivity contribution in [1.82, 2.24) is 4.98 Å². The average molecular weight is 361 g/mol. The Morgan fingerprint density at radius 1 is 1.04 bits per heavy atom. The first-order chi connectivity index (χ1) is 13.1. The quantitative estimate of drug-likeness (QED) is 0.768. The van der Waals surface area contributed by atoms with Gasteiger partial charge in [-0.15, -0.1) is 0 Å². The van der Waals surface area contributed by atoms with Gasteiger partial charge in [0, 0.05) is 29.7 Å². The number of rotatable bonds is 3. The number of amides is 1. The third kappa shape index (κ3) is 3.64. The van der Waals surface area contributed by atoms with Crippen molar-refractivity contribution >= 4 is 28.3 Å². The highest BCUT2D eigenvalue weighted by molar-refractivity contribution is 6.06. The molecule has 4 rings (SSSR count). The maximum Gasteiger partial charge on any atom is 0.255 e. The number of hydrogen-bond acceptors (Lipinski definition) is 4. The molecule has 1 saturated heterocycles. The van der Waals surface area contributed by atoms with Crippen molar-refractivity contribution in [2.45, 2.75) is 13.8 Å². The third-order valence-electron chi connectivity index (χ3n) is 4.98. The molecule has 0 aliphatic carbocycles. The highest BCUT2D eigenvalue weighted by atomic mass is 16.5. The van der Waals surface area contributed by atoms with Gasteiger partial charge in [-0.2, -0.15) is 0 Å². The third-order valence-corrected chi connectivity index (χ3v) is 4.98. The predicted molar refractivity (Wildman–Crippen MR) is 109 cm³/mol. The number of morpholine rings is 1. The minimum atomic E-state index is -0.0944. The fourth-order valence-corrected chi connectivity index (χ4v) is 3.43. The minimum absolute atomic E-state index is 0.0944. The Balaban J connectivity index is 1.61. The molecule has 1 N–H and O–H groups in total. The number of nitrogens with zero attached hydrogens (tertiary/aromatic N) is 2. The first-order valence-corrected chi connectivity index (χ1v) is 9.23. The number of carbonyl (C=O) groups excluding carboxylic acids is 1. The molecule has 0 radical (unpaired) electrons. The Hall–Kier alpha value is -2.92. The Morgan fingerprint density at radius 3 is 2.59 bits per heavy atom. The van der Waals surface area contributed by atoms with Gasteiger partial charge in [0.2, 0.25) is 0 Å². The molecule has 1 amide bonds. The molecular formula is C22H23N3O2. The molecule has 2 aromatic carbocycles. The van der Waals surface area contributed by atoms with E-state index in [-0.39, 0.29) is 5.91 Å². The number of fused-ring (bicyclic) bond motifs is 1. The van der Waals surface area contributed by atoms with E-state index in [1.54, 1.807) is 0 Å². The number of pyridine rings is 1. The van der Waals surface area contributed by atoms with Crippen molar-refractivity contribution < 1.29 is 9.53 Å². The Bertz CT molecular complexity index is 994. The average Bonchev–Trinajstić information content (AvgIpc) is 2.69. The van der Waals surface area contributed by atoms with E-state index in [2.05, 4.69) is 23.2 Å². The van der Waals surface area contributed by atoms with Gasteiger partial charge in [0.25, 0.3) is 5.91 Å². The molecule has 1 fully saturated rings. The van der Waals surface area contributed by atoms with Crippen LogP contribution in [0.1, 0.15) is 21.5 Å². The maximum atomic E-state index is 12.6. The van der Waals surface area contributed by atoms with Crippen LogP contribution in [0.4, 0.5) is 11.5 Å². The normalized spacial score (nSPS) is 14.4. The Labute approximate surface area is 159 Å². The number of nitrogens with one attached hydrogen (secondary N) is 1. The van der Waals surface area contributed by atoms with Crippen molar-refractivity contribution in [3.63, 3.8) is 0 Å². The maximum absolute atomic E-state index is 12.6. The van der Waals surface area contributed by atoms with Crippen LogP contribution in [0, 0.1) is 13.8 Å². The number of benzene rings is 2. The molecule has 5 heteroatoms. The zero-order valence-corrected chi connectivity index (χ0v) is 15.7. The first kappa shape index (κ1) is 17.5. The second-order valence-corrected chi connectivity index (χ2v) is 6.90. The molecule has 2 heterocycles. The van der Waals surface area contributed by atoms with E-state index in [0.717, 1.165) is 59.8 Å².